The van der Waals surface area contributed by atoms with E-state index < -0.39 is 0 Å². The van der Waals surface area contributed by atoms with Gasteiger partial charge in [-0.3, -0.25) is 4.98 Å². The zero-order valence-electron chi connectivity index (χ0n) is 12.1. The van der Waals surface area contributed by atoms with Gasteiger partial charge in [-0.15, -0.1) is 11.3 Å². The van der Waals surface area contributed by atoms with Crippen molar-refractivity contribution < 1.29 is 9.31 Å². The fourth-order valence-electron chi connectivity index (χ4n) is 2.10. The van der Waals surface area contributed by atoms with Crippen LogP contribution < -0.4 is 4.78 Å². The third kappa shape index (κ3) is 2.18. The van der Waals surface area contributed by atoms with E-state index in [1.54, 1.807) is 23.7 Å². The Labute approximate surface area is 123 Å². The van der Waals surface area contributed by atoms with Gasteiger partial charge in [0.2, 0.25) is 0 Å². The van der Waals surface area contributed by atoms with Gasteiger partial charge in [0.05, 0.1) is 27.2 Å². The van der Waals surface area contributed by atoms with E-state index >= 15 is 0 Å². The van der Waals surface area contributed by atoms with Gasteiger partial charge in [0.25, 0.3) is 0 Å². The minimum Gasteiger partial charge on any atom is -0.399 e. The number of pyridine rings is 1. The van der Waals surface area contributed by atoms with E-state index in [1.807, 2.05) is 17.6 Å². The lowest BCUT2D eigenvalue weighted by molar-refractivity contribution is 0.00578. The van der Waals surface area contributed by atoms with Crippen LogP contribution in [0.15, 0.2) is 30.0 Å². The molecule has 3 heterocycles. The molecule has 0 aromatic carbocycles. The Morgan fingerprint density at radius 2 is 1.65 bits per heavy atom. The summed E-state index contributed by atoms with van der Waals surface area (Å²) in [6.07, 6.45) is 3.53. The Bertz CT molecular complexity index is 597. The fourth-order valence-corrected chi connectivity index (χ4v) is 2.86. The maximum absolute atomic E-state index is 6.10. The highest BCUT2D eigenvalue weighted by Crippen LogP contribution is 2.37. The van der Waals surface area contributed by atoms with Crippen LogP contribution in [0.25, 0.3) is 11.3 Å². The van der Waals surface area contributed by atoms with Crippen LogP contribution in [0.4, 0.5) is 0 Å². The van der Waals surface area contributed by atoms with Gasteiger partial charge in [0.15, 0.2) is 0 Å². The topological polar surface area (TPSA) is 44.2 Å². The van der Waals surface area contributed by atoms with Crippen LogP contribution in [0.1, 0.15) is 27.7 Å². The largest absolute Gasteiger partial charge is 0.507 e. The van der Waals surface area contributed by atoms with Crippen molar-refractivity contribution in [3.05, 3.63) is 30.0 Å². The molecule has 104 valence electrons. The Morgan fingerprint density at radius 3 is 2.25 bits per heavy atom. The van der Waals surface area contributed by atoms with Crippen LogP contribution in [0, 0.1) is 0 Å². The van der Waals surface area contributed by atoms with Gasteiger partial charge in [-0.25, -0.2) is 4.98 Å². The highest BCUT2D eigenvalue weighted by molar-refractivity contribution is 7.21. The predicted molar refractivity (Wildman–Crippen MR) is 81.1 cm³/mol. The molecule has 4 nitrogen and oxygen atoms in total. The monoisotopic (exact) mass is 288 g/mol. The molecule has 0 unspecified atom stereocenters. The third-order valence-corrected chi connectivity index (χ3v) is 4.87. The van der Waals surface area contributed by atoms with Gasteiger partial charge in [-0.05, 0) is 39.8 Å². The van der Waals surface area contributed by atoms with Crippen LogP contribution in [0.5, 0.6) is 0 Å². The number of aromatic nitrogens is 2. The first-order chi connectivity index (χ1) is 9.41. The van der Waals surface area contributed by atoms with Gasteiger partial charge >= 0.3 is 7.12 Å². The summed E-state index contributed by atoms with van der Waals surface area (Å²) < 4.78 is 13.2. The maximum atomic E-state index is 6.10. The maximum Gasteiger partial charge on any atom is 0.507 e. The smallest absolute Gasteiger partial charge is 0.399 e. The van der Waals surface area contributed by atoms with E-state index in [0.29, 0.717) is 0 Å². The van der Waals surface area contributed by atoms with Gasteiger partial charge < -0.3 is 9.31 Å². The quantitative estimate of drug-likeness (QED) is 0.796. The minimum absolute atomic E-state index is 0.336. The highest BCUT2D eigenvalue weighted by atomic mass is 32.1. The van der Waals surface area contributed by atoms with Crippen molar-refractivity contribution in [3.8, 4) is 11.3 Å². The number of hydrogen-bond acceptors (Lipinski definition) is 5. The average molecular weight is 288 g/mol. The van der Waals surface area contributed by atoms with Crippen molar-refractivity contribution in [2.75, 3.05) is 0 Å². The molecule has 3 rings (SSSR count). The molecule has 2 aromatic heterocycles. The van der Waals surface area contributed by atoms with Crippen LogP contribution in [-0.2, 0) is 9.31 Å². The number of thiazole rings is 1. The first-order valence-electron chi connectivity index (χ1n) is 6.60. The normalized spacial score (nSPS) is 20.3. The summed E-state index contributed by atoms with van der Waals surface area (Å²) in [5, 5.41) is 0. The molecule has 0 radical (unpaired) electrons. The van der Waals surface area contributed by atoms with Crippen molar-refractivity contribution in [1.29, 1.82) is 0 Å². The van der Waals surface area contributed by atoms with E-state index in [4.69, 9.17) is 9.31 Å². The Morgan fingerprint density at radius 1 is 1.05 bits per heavy atom. The second-order valence-corrected chi connectivity index (χ2v) is 6.78. The van der Waals surface area contributed by atoms with Gasteiger partial charge in [0, 0.05) is 18.0 Å². The molecule has 1 aliphatic rings. The fraction of sp³-hybridized carbons (Fsp3) is 0.429. The molecule has 1 aliphatic heterocycles. The second-order valence-electron chi connectivity index (χ2n) is 5.89. The van der Waals surface area contributed by atoms with Crippen LogP contribution in [0.2, 0.25) is 0 Å². The van der Waals surface area contributed by atoms with E-state index in [0.717, 1.165) is 16.0 Å². The van der Waals surface area contributed by atoms with E-state index in [-0.39, 0.29) is 18.3 Å². The van der Waals surface area contributed by atoms with Gasteiger partial charge in [0.1, 0.15) is 0 Å². The predicted octanol–water partition coefficient (Wildman–Crippen LogP) is 2.50. The third-order valence-electron chi connectivity index (χ3n) is 4.02. The summed E-state index contributed by atoms with van der Waals surface area (Å²) >= 11 is 1.56. The highest BCUT2D eigenvalue weighted by Gasteiger charge is 2.53. The summed E-state index contributed by atoms with van der Waals surface area (Å²) in [6.45, 7) is 8.22. The van der Waals surface area contributed by atoms with Crippen LogP contribution in [-0.4, -0.2) is 28.3 Å². The van der Waals surface area contributed by atoms with Crippen LogP contribution in [0.3, 0.4) is 0 Å². The minimum atomic E-state index is -0.365. The second kappa shape index (κ2) is 4.65. The first-order valence-corrected chi connectivity index (χ1v) is 7.48. The zero-order valence-corrected chi connectivity index (χ0v) is 12.9. The van der Waals surface area contributed by atoms with Crippen molar-refractivity contribution in [3.63, 3.8) is 0 Å². The molecule has 0 aliphatic carbocycles. The zero-order chi connectivity index (χ0) is 14.4. The summed E-state index contributed by atoms with van der Waals surface area (Å²) in [7, 11) is -0.365. The molecule has 6 heteroatoms. The molecule has 2 aromatic rings. The number of rotatable bonds is 2. The van der Waals surface area contributed by atoms with Crippen molar-refractivity contribution in [1.82, 2.24) is 9.97 Å². The molecule has 0 amide bonds. The summed E-state index contributed by atoms with van der Waals surface area (Å²) in [4.78, 5) is 8.50. The van der Waals surface area contributed by atoms with Crippen molar-refractivity contribution in [2.24, 2.45) is 0 Å². The molecule has 1 fully saturated rings. The van der Waals surface area contributed by atoms with E-state index in [2.05, 4.69) is 37.7 Å². The number of hydrogen-bond donors (Lipinski definition) is 0. The first kappa shape index (κ1) is 13.7. The van der Waals surface area contributed by atoms with E-state index in [9.17, 15) is 0 Å². The standard InChI is InChI=1S/C14H17BN2O2S/c1-13(2)14(3,4)19-15(18-13)12-11(17-9-20-12)10-5-7-16-8-6-10/h5-9H,1-4H3. The molecular weight excluding hydrogens is 271 g/mol. The summed E-state index contributed by atoms with van der Waals surface area (Å²) in [5.74, 6) is 0. The summed E-state index contributed by atoms with van der Waals surface area (Å²) in [5.41, 5.74) is 3.10. The molecule has 0 saturated carbocycles. The van der Waals surface area contributed by atoms with E-state index in [1.165, 1.54) is 0 Å². The molecule has 1 saturated heterocycles. The SMILES string of the molecule is CC1(C)OB(c2scnc2-c2ccncc2)OC1(C)C. The van der Waals surface area contributed by atoms with Crippen molar-refractivity contribution in [2.45, 2.75) is 38.9 Å². The molecule has 0 atom stereocenters. The van der Waals surface area contributed by atoms with Crippen LogP contribution >= 0.6 is 11.3 Å². The Hall–Kier alpha value is -1.24. The lowest BCUT2D eigenvalue weighted by atomic mass is 9.85. The Balaban J connectivity index is 1.96. The average Bonchev–Trinajstić information content (AvgIpc) is 2.94. The molecule has 0 spiro atoms. The van der Waals surface area contributed by atoms with Crippen molar-refractivity contribution >= 4 is 23.2 Å². The molecular formula is C14H17BN2O2S. The lowest BCUT2D eigenvalue weighted by Gasteiger charge is -2.32. The Kier molecular flexibility index (Phi) is 3.19. The molecule has 0 bridgehead atoms. The van der Waals surface area contributed by atoms with Gasteiger partial charge in [-0.2, -0.15) is 0 Å². The molecule has 20 heavy (non-hydrogen) atoms. The molecule has 0 N–H and O–H groups in total. The number of nitrogens with zero attached hydrogens (tertiary/aromatic N) is 2. The lowest BCUT2D eigenvalue weighted by Crippen LogP contribution is -2.41. The summed E-state index contributed by atoms with van der Waals surface area (Å²) in [6, 6.07) is 3.90. The van der Waals surface area contributed by atoms with Gasteiger partial charge in [-0.1, -0.05) is 0 Å².